The third-order valence-corrected chi connectivity index (χ3v) is 6.81. The van der Waals surface area contributed by atoms with Crippen LogP contribution in [0.2, 0.25) is 0 Å². The molecule has 0 unspecified atom stereocenters. The molecule has 1 fully saturated rings. The summed E-state index contributed by atoms with van der Waals surface area (Å²) in [4.78, 5) is 26.2. The Morgan fingerprint density at radius 2 is 1.55 bits per heavy atom. The minimum absolute atomic E-state index is 0.204. The highest BCUT2D eigenvalue weighted by Gasteiger charge is 2.30. The number of nitrogens with zero attached hydrogens (tertiary/aromatic N) is 2. The van der Waals surface area contributed by atoms with Gasteiger partial charge in [0.05, 0.1) is 10.5 Å². The van der Waals surface area contributed by atoms with Gasteiger partial charge >= 0.3 is 5.97 Å². The number of rotatable bonds is 6. The molecule has 0 aliphatic carbocycles. The molecule has 0 bridgehead atoms. The largest absolute Gasteiger partial charge is 0.452 e. The molecule has 2 aromatic carbocycles. The van der Waals surface area contributed by atoms with Crippen LogP contribution in [0.25, 0.3) is 0 Å². The van der Waals surface area contributed by atoms with Gasteiger partial charge in [0.25, 0.3) is 5.91 Å². The first kappa shape index (κ1) is 21.0. The lowest BCUT2D eigenvalue weighted by Crippen LogP contribution is -2.51. The molecule has 0 N–H and O–H groups in total. The fourth-order valence-electron chi connectivity index (χ4n) is 3.10. The highest BCUT2D eigenvalue weighted by molar-refractivity contribution is 7.89. The van der Waals surface area contributed by atoms with Gasteiger partial charge in [-0.1, -0.05) is 37.3 Å². The van der Waals surface area contributed by atoms with Crippen molar-refractivity contribution >= 4 is 21.9 Å². The zero-order valence-electron chi connectivity index (χ0n) is 16.3. The maximum atomic E-state index is 12.6. The lowest BCUT2D eigenvalue weighted by Gasteiger charge is -2.33. The SMILES string of the molecule is CCc1ccc(C(=O)OCC(=O)N2CCN(S(=O)(=O)c3ccccc3)CC2)cc1. The van der Waals surface area contributed by atoms with Crippen molar-refractivity contribution in [3.63, 3.8) is 0 Å². The van der Waals surface area contributed by atoms with Crippen LogP contribution in [0.15, 0.2) is 59.5 Å². The molecule has 1 aliphatic heterocycles. The van der Waals surface area contributed by atoms with E-state index in [-0.39, 0.29) is 43.6 Å². The number of piperazine rings is 1. The van der Waals surface area contributed by atoms with Crippen LogP contribution in [0.1, 0.15) is 22.8 Å². The molecule has 0 aromatic heterocycles. The van der Waals surface area contributed by atoms with Crippen LogP contribution in [-0.4, -0.2) is 62.3 Å². The molecule has 1 saturated heterocycles. The van der Waals surface area contributed by atoms with E-state index in [1.54, 1.807) is 42.5 Å². The van der Waals surface area contributed by atoms with Gasteiger partial charge in [0.2, 0.25) is 10.0 Å². The number of hydrogen-bond acceptors (Lipinski definition) is 5. The molecule has 1 amide bonds. The molecule has 1 heterocycles. The van der Waals surface area contributed by atoms with Gasteiger partial charge in [0.1, 0.15) is 0 Å². The number of sulfonamides is 1. The number of carbonyl (C=O) groups is 2. The molecule has 0 saturated carbocycles. The number of esters is 1. The average molecular weight is 416 g/mol. The van der Waals surface area contributed by atoms with Crippen LogP contribution in [0.4, 0.5) is 0 Å². The smallest absolute Gasteiger partial charge is 0.338 e. The van der Waals surface area contributed by atoms with Gasteiger partial charge in [0, 0.05) is 26.2 Å². The summed E-state index contributed by atoms with van der Waals surface area (Å²) in [6, 6.07) is 15.3. The Kier molecular flexibility index (Phi) is 6.66. The Morgan fingerprint density at radius 1 is 0.931 bits per heavy atom. The number of benzene rings is 2. The Bertz CT molecular complexity index is 950. The molecule has 29 heavy (non-hydrogen) atoms. The predicted octanol–water partition coefficient (Wildman–Crippen LogP) is 1.94. The number of amides is 1. The van der Waals surface area contributed by atoms with E-state index >= 15 is 0 Å². The fourth-order valence-corrected chi connectivity index (χ4v) is 4.54. The fraction of sp³-hybridized carbons (Fsp3) is 0.333. The molecule has 0 radical (unpaired) electrons. The van der Waals surface area contributed by atoms with Crippen LogP contribution in [-0.2, 0) is 26.0 Å². The molecule has 154 valence electrons. The van der Waals surface area contributed by atoms with E-state index < -0.39 is 16.0 Å². The quantitative estimate of drug-likeness (QED) is 0.672. The molecule has 2 aromatic rings. The van der Waals surface area contributed by atoms with Crippen molar-refractivity contribution < 1.29 is 22.7 Å². The summed E-state index contributed by atoms with van der Waals surface area (Å²) in [6.45, 7) is 2.59. The normalized spacial score (nSPS) is 15.1. The van der Waals surface area contributed by atoms with E-state index in [2.05, 4.69) is 0 Å². The minimum Gasteiger partial charge on any atom is -0.452 e. The number of ether oxygens (including phenoxy) is 1. The highest BCUT2D eigenvalue weighted by Crippen LogP contribution is 2.17. The van der Waals surface area contributed by atoms with Gasteiger partial charge in [0.15, 0.2) is 6.61 Å². The van der Waals surface area contributed by atoms with Crippen molar-refractivity contribution in [2.45, 2.75) is 18.2 Å². The van der Waals surface area contributed by atoms with Crippen molar-refractivity contribution in [3.05, 3.63) is 65.7 Å². The van der Waals surface area contributed by atoms with Crippen molar-refractivity contribution in [1.29, 1.82) is 0 Å². The number of carbonyl (C=O) groups excluding carboxylic acids is 2. The van der Waals surface area contributed by atoms with E-state index in [4.69, 9.17) is 4.74 Å². The summed E-state index contributed by atoms with van der Waals surface area (Å²) in [5.41, 5.74) is 1.51. The summed E-state index contributed by atoms with van der Waals surface area (Å²) < 4.78 is 31.8. The first-order chi connectivity index (χ1) is 13.9. The highest BCUT2D eigenvalue weighted by atomic mass is 32.2. The first-order valence-electron chi connectivity index (χ1n) is 9.51. The van der Waals surface area contributed by atoms with Crippen LogP contribution in [0, 0.1) is 0 Å². The van der Waals surface area contributed by atoms with Crippen molar-refractivity contribution in [2.75, 3.05) is 32.8 Å². The van der Waals surface area contributed by atoms with E-state index in [0.717, 1.165) is 12.0 Å². The Balaban J connectivity index is 1.50. The molecule has 1 aliphatic rings. The van der Waals surface area contributed by atoms with Gasteiger partial charge in [-0.05, 0) is 36.2 Å². The Morgan fingerprint density at radius 3 is 2.14 bits per heavy atom. The van der Waals surface area contributed by atoms with Gasteiger partial charge in [-0.15, -0.1) is 0 Å². The monoisotopic (exact) mass is 416 g/mol. The van der Waals surface area contributed by atoms with E-state index in [0.29, 0.717) is 5.56 Å². The summed E-state index contributed by atoms with van der Waals surface area (Å²) >= 11 is 0. The van der Waals surface area contributed by atoms with Crippen LogP contribution < -0.4 is 0 Å². The van der Waals surface area contributed by atoms with Crippen molar-refractivity contribution in [2.24, 2.45) is 0 Å². The van der Waals surface area contributed by atoms with Crippen molar-refractivity contribution in [1.82, 2.24) is 9.21 Å². The van der Waals surface area contributed by atoms with E-state index in [9.17, 15) is 18.0 Å². The molecule has 7 nitrogen and oxygen atoms in total. The summed E-state index contributed by atoms with van der Waals surface area (Å²) in [5.74, 6) is -0.883. The molecule has 0 atom stereocenters. The maximum absolute atomic E-state index is 12.6. The third-order valence-electron chi connectivity index (χ3n) is 4.90. The maximum Gasteiger partial charge on any atom is 0.338 e. The second-order valence-corrected chi connectivity index (χ2v) is 8.66. The predicted molar refractivity (Wildman–Crippen MR) is 108 cm³/mol. The molecular formula is C21H24N2O5S. The molecular weight excluding hydrogens is 392 g/mol. The second kappa shape index (κ2) is 9.19. The minimum atomic E-state index is -3.57. The van der Waals surface area contributed by atoms with Gasteiger partial charge < -0.3 is 9.64 Å². The topological polar surface area (TPSA) is 84.0 Å². The van der Waals surface area contributed by atoms with Gasteiger partial charge in [-0.2, -0.15) is 4.31 Å². The Hall–Kier alpha value is -2.71. The second-order valence-electron chi connectivity index (χ2n) is 6.72. The van der Waals surface area contributed by atoms with E-state index in [1.165, 1.54) is 9.21 Å². The lowest BCUT2D eigenvalue weighted by atomic mass is 10.1. The third kappa shape index (κ3) is 5.02. The van der Waals surface area contributed by atoms with Gasteiger partial charge in [-0.3, -0.25) is 4.79 Å². The summed E-state index contributed by atoms with van der Waals surface area (Å²) in [6.07, 6.45) is 0.875. The zero-order chi connectivity index (χ0) is 20.9. The van der Waals surface area contributed by atoms with E-state index in [1.807, 2.05) is 19.1 Å². The van der Waals surface area contributed by atoms with Gasteiger partial charge in [-0.25, -0.2) is 13.2 Å². The number of aryl methyl sites for hydroxylation is 1. The Labute approximate surface area is 170 Å². The first-order valence-corrected chi connectivity index (χ1v) is 10.9. The standard InChI is InChI=1S/C21H24N2O5S/c1-2-17-8-10-18(11-9-17)21(25)28-16-20(24)22-12-14-23(15-13-22)29(26,27)19-6-4-3-5-7-19/h3-11H,2,12-16H2,1H3. The molecule has 3 rings (SSSR count). The van der Waals surface area contributed by atoms with Crippen LogP contribution >= 0.6 is 0 Å². The lowest BCUT2D eigenvalue weighted by molar-refractivity contribution is -0.135. The van der Waals surface area contributed by atoms with Crippen molar-refractivity contribution in [3.8, 4) is 0 Å². The average Bonchev–Trinajstić information content (AvgIpc) is 2.78. The molecule has 0 spiro atoms. The summed E-state index contributed by atoms with van der Waals surface area (Å²) in [5, 5.41) is 0. The number of hydrogen-bond donors (Lipinski definition) is 0. The zero-order valence-corrected chi connectivity index (χ0v) is 17.1. The molecule has 8 heteroatoms. The van der Waals surface area contributed by atoms with Crippen LogP contribution in [0.5, 0.6) is 0 Å². The van der Waals surface area contributed by atoms with Crippen LogP contribution in [0.3, 0.4) is 0 Å². The summed E-state index contributed by atoms with van der Waals surface area (Å²) in [7, 11) is -3.57.